The second-order valence-electron chi connectivity index (χ2n) is 4.89. The molecule has 108 valence electrons. The van der Waals surface area contributed by atoms with E-state index in [1.54, 1.807) is 6.07 Å². The molecular weight excluding hydrogens is 310 g/mol. The van der Waals surface area contributed by atoms with Crippen molar-refractivity contribution in [2.75, 3.05) is 0 Å². The molecule has 2 nitrogen and oxygen atoms in total. The van der Waals surface area contributed by atoms with Gasteiger partial charge in [0.25, 0.3) is 0 Å². The maximum absolute atomic E-state index is 13.4. The van der Waals surface area contributed by atoms with E-state index in [0.717, 1.165) is 16.9 Å². The highest BCUT2D eigenvalue weighted by atomic mass is 35.5. The molecule has 0 aliphatic heterocycles. The SMILES string of the molecule is CC(c1ccc(Cl)cc1)n1c(CCl)nc2cc(F)ccc21. The number of hydrogen-bond acceptors (Lipinski definition) is 1. The van der Waals surface area contributed by atoms with Crippen LogP contribution in [0.2, 0.25) is 5.02 Å². The fourth-order valence-electron chi connectivity index (χ4n) is 2.54. The zero-order valence-corrected chi connectivity index (χ0v) is 12.9. The van der Waals surface area contributed by atoms with Crippen LogP contribution < -0.4 is 0 Å². The Morgan fingerprint density at radius 2 is 1.90 bits per heavy atom. The van der Waals surface area contributed by atoms with Gasteiger partial charge in [0.05, 0.1) is 23.0 Å². The van der Waals surface area contributed by atoms with Gasteiger partial charge in [-0.3, -0.25) is 0 Å². The predicted octanol–water partition coefficient (Wildman–Crippen LogP) is 5.18. The number of alkyl halides is 1. The van der Waals surface area contributed by atoms with E-state index in [4.69, 9.17) is 23.2 Å². The lowest BCUT2D eigenvalue weighted by molar-refractivity contribution is 0.626. The van der Waals surface area contributed by atoms with Crippen LogP contribution in [0.1, 0.15) is 24.4 Å². The summed E-state index contributed by atoms with van der Waals surface area (Å²) in [4.78, 5) is 4.42. The summed E-state index contributed by atoms with van der Waals surface area (Å²) in [5.74, 6) is 0.695. The summed E-state index contributed by atoms with van der Waals surface area (Å²) >= 11 is 11.9. The Balaban J connectivity index is 2.16. The quantitative estimate of drug-likeness (QED) is 0.608. The van der Waals surface area contributed by atoms with Crippen LogP contribution in [-0.2, 0) is 5.88 Å². The van der Waals surface area contributed by atoms with Crippen LogP contribution in [0.25, 0.3) is 11.0 Å². The highest BCUT2D eigenvalue weighted by molar-refractivity contribution is 6.30. The Kier molecular flexibility index (Phi) is 3.87. The minimum Gasteiger partial charge on any atom is -0.320 e. The van der Waals surface area contributed by atoms with Gasteiger partial charge in [0, 0.05) is 11.1 Å². The Morgan fingerprint density at radius 3 is 2.57 bits per heavy atom. The summed E-state index contributed by atoms with van der Waals surface area (Å²) in [5.41, 5.74) is 2.58. The fraction of sp³-hybridized carbons (Fsp3) is 0.188. The molecule has 0 bridgehead atoms. The molecule has 0 aliphatic carbocycles. The van der Waals surface area contributed by atoms with E-state index in [1.807, 2.05) is 28.8 Å². The third-order valence-electron chi connectivity index (χ3n) is 3.58. The Morgan fingerprint density at radius 1 is 1.19 bits per heavy atom. The third kappa shape index (κ3) is 2.63. The van der Waals surface area contributed by atoms with Crippen LogP contribution in [0.15, 0.2) is 42.5 Å². The lowest BCUT2D eigenvalue weighted by atomic mass is 10.1. The highest BCUT2D eigenvalue weighted by Crippen LogP contribution is 2.28. The molecule has 1 atom stereocenters. The van der Waals surface area contributed by atoms with Crippen LogP contribution in [0, 0.1) is 5.82 Å². The van der Waals surface area contributed by atoms with Gasteiger partial charge in [-0.15, -0.1) is 11.6 Å². The number of aromatic nitrogens is 2. The standard InChI is InChI=1S/C16H13Cl2FN2/c1-10(11-2-4-12(18)5-3-11)21-15-7-6-13(19)8-14(15)20-16(21)9-17/h2-8,10H,9H2,1H3. The molecule has 0 aliphatic rings. The first-order valence-electron chi connectivity index (χ1n) is 6.58. The summed E-state index contributed by atoms with van der Waals surface area (Å²) in [6.45, 7) is 2.06. The minimum absolute atomic E-state index is 0.0338. The summed E-state index contributed by atoms with van der Waals surface area (Å²) < 4.78 is 15.4. The predicted molar refractivity (Wildman–Crippen MR) is 84.5 cm³/mol. The van der Waals surface area contributed by atoms with Gasteiger partial charge in [-0.05, 0) is 36.8 Å². The van der Waals surface area contributed by atoms with E-state index >= 15 is 0 Å². The van der Waals surface area contributed by atoms with Crippen LogP contribution in [0.4, 0.5) is 4.39 Å². The van der Waals surface area contributed by atoms with Crippen molar-refractivity contribution >= 4 is 34.2 Å². The molecule has 5 heteroatoms. The molecule has 3 aromatic rings. The molecule has 2 aromatic carbocycles. The zero-order chi connectivity index (χ0) is 15.0. The molecule has 0 spiro atoms. The van der Waals surface area contributed by atoms with Crippen molar-refractivity contribution in [2.24, 2.45) is 0 Å². The van der Waals surface area contributed by atoms with Crippen molar-refractivity contribution in [3.63, 3.8) is 0 Å². The molecule has 3 rings (SSSR count). The molecule has 0 N–H and O–H groups in total. The van der Waals surface area contributed by atoms with E-state index < -0.39 is 0 Å². The average molecular weight is 323 g/mol. The van der Waals surface area contributed by atoms with Crippen molar-refractivity contribution in [3.8, 4) is 0 Å². The van der Waals surface area contributed by atoms with Crippen molar-refractivity contribution in [2.45, 2.75) is 18.8 Å². The summed E-state index contributed by atoms with van der Waals surface area (Å²) in [6, 6.07) is 12.3. The van der Waals surface area contributed by atoms with Gasteiger partial charge in [0.15, 0.2) is 0 Å². The summed E-state index contributed by atoms with van der Waals surface area (Å²) in [5, 5.41) is 0.695. The number of nitrogens with zero attached hydrogens (tertiary/aromatic N) is 2. The largest absolute Gasteiger partial charge is 0.320 e. The maximum Gasteiger partial charge on any atom is 0.125 e. The Bertz CT molecular complexity index is 781. The monoisotopic (exact) mass is 322 g/mol. The van der Waals surface area contributed by atoms with Crippen LogP contribution in [0.3, 0.4) is 0 Å². The Hall–Kier alpha value is -1.58. The van der Waals surface area contributed by atoms with Gasteiger partial charge in [-0.1, -0.05) is 23.7 Å². The number of rotatable bonds is 3. The average Bonchev–Trinajstić information content (AvgIpc) is 2.84. The second-order valence-corrected chi connectivity index (χ2v) is 5.60. The first kappa shape index (κ1) is 14.4. The fourth-order valence-corrected chi connectivity index (χ4v) is 2.85. The van der Waals surface area contributed by atoms with Crippen molar-refractivity contribution in [1.29, 1.82) is 0 Å². The van der Waals surface area contributed by atoms with E-state index in [9.17, 15) is 4.39 Å². The lowest BCUT2D eigenvalue weighted by Crippen LogP contribution is -2.09. The molecule has 1 aromatic heterocycles. The van der Waals surface area contributed by atoms with Gasteiger partial charge in [0.2, 0.25) is 0 Å². The number of imidazole rings is 1. The number of halogens is 3. The van der Waals surface area contributed by atoms with Crippen LogP contribution in [-0.4, -0.2) is 9.55 Å². The van der Waals surface area contributed by atoms with Gasteiger partial charge >= 0.3 is 0 Å². The molecular formula is C16H13Cl2FN2. The van der Waals surface area contributed by atoms with Crippen molar-refractivity contribution < 1.29 is 4.39 Å². The van der Waals surface area contributed by atoms with Crippen LogP contribution >= 0.6 is 23.2 Å². The van der Waals surface area contributed by atoms with Crippen LogP contribution in [0.5, 0.6) is 0 Å². The van der Waals surface area contributed by atoms with E-state index in [1.165, 1.54) is 12.1 Å². The van der Waals surface area contributed by atoms with E-state index in [0.29, 0.717) is 10.5 Å². The lowest BCUT2D eigenvalue weighted by Gasteiger charge is -2.17. The normalized spacial score (nSPS) is 12.8. The first-order chi connectivity index (χ1) is 10.1. The van der Waals surface area contributed by atoms with Gasteiger partial charge in [0.1, 0.15) is 11.6 Å². The molecule has 0 amide bonds. The molecule has 0 saturated heterocycles. The minimum atomic E-state index is -0.299. The Labute approximate surface area is 132 Å². The summed E-state index contributed by atoms with van der Waals surface area (Å²) in [7, 11) is 0. The second kappa shape index (κ2) is 5.66. The molecule has 1 unspecified atom stereocenters. The number of benzene rings is 2. The van der Waals surface area contributed by atoms with Gasteiger partial charge in [-0.2, -0.15) is 0 Å². The van der Waals surface area contributed by atoms with E-state index in [2.05, 4.69) is 11.9 Å². The van der Waals surface area contributed by atoms with Gasteiger partial charge < -0.3 is 4.57 Å². The molecule has 0 saturated carbocycles. The zero-order valence-electron chi connectivity index (χ0n) is 11.4. The maximum atomic E-state index is 13.4. The first-order valence-corrected chi connectivity index (χ1v) is 7.49. The topological polar surface area (TPSA) is 17.8 Å². The third-order valence-corrected chi connectivity index (χ3v) is 4.07. The van der Waals surface area contributed by atoms with E-state index in [-0.39, 0.29) is 17.7 Å². The number of fused-ring (bicyclic) bond motifs is 1. The summed E-state index contributed by atoms with van der Waals surface area (Å²) in [6.07, 6.45) is 0. The highest BCUT2D eigenvalue weighted by Gasteiger charge is 2.17. The van der Waals surface area contributed by atoms with Gasteiger partial charge in [-0.25, -0.2) is 9.37 Å². The molecule has 1 heterocycles. The molecule has 0 radical (unpaired) electrons. The number of hydrogen-bond donors (Lipinski definition) is 0. The molecule has 0 fully saturated rings. The van der Waals surface area contributed by atoms with Crippen molar-refractivity contribution in [1.82, 2.24) is 9.55 Å². The molecule has 21 heavy (non-hydrogen) atoms. The van der Waals surface area contributed by atoms with Crippen molar-refractivity contribution in [3.05, 3.63) is 64.7 Å². The smallest absolute Gasteiger partial charge is 0.125 e.